The molecule has 2 atom stereocenters. The zero-order chi connectivity index (χ0) is 15.4. The van der Waals surface area contributed by atoms with Gasteiger partial charge in [0.2, 0.25) is 0 Å². The molecule has 0 spiro atoms. The first kappa shape index (κ1) is 16.3. The van der Waals surface area contributed by atoms with E-state index in [1.54, 1.807) is 0 Å². The van der Waals surface area contributed by atoms with Gasteiger partial charge >= 0.3 is 5.69 Å². The average Bonchev–Trinajstić information content (AvgIpc) is 2.34. The number of hydrogen-bond acceptors (Lipinski definition) is 7. The van der Waals surface area contributed by atoms with Crippen LogP contribution in [0.3, 0.4) is 0 Å². The van der Waals surface area contributed by atoms with Crippen LogP contribution >= 0.6 is 11.8 Å². The highest BCUT2D eigenvalue weighted by Crippen LogP contribution is 2.32. The number of nitrogens with zero attached hydrogens (tertiary/aromatic N) is 1. The summed E-state index contributed by atoms with van der Waals surface area (Å²) < 4.78 is 13.6. The molecule has 1 rings (SSSR count). The molecule has 0 radical (unpaired) electrons. The van der Waals surface area contributed by atoms with E-state index >= 15 is 0 Å². The van der Waals surface area contributed by atoms with E-state index in [4.69, 9.17) is 0 Å². The molecule has 0 heterocycles. The van der Waals surface area contributed by atoms with Gasteiger partial charge in [-0.2, -0.15) is 0 Å². The first-order valence-electron chi connectivity index (χ1n) is 5.40. The zero-order valence-electron chi connectivity index (χ0n) is 10.3. The van der Waals surface area contributed by atoms with Crippen LogP contribution in [0.1, 0.15) is 18.6 Å². The highest BCUT2D eigenvalue weighted by atomic mass is 32.2. The Balaban J connectivity index is 3.02. The molecule has 0 amide bonds. The van der Waals surface area contributed by atoms with Gasteiger partial charge in [0, 0.05) is 30.4 Å². The van der Waals surface area contributed by atoms with Crippen molar-refractivity contribution in [2.45, 2.75) is 19.1 Å². The van der Waals surface area contributed by atoms with Crippen LogP contribution in [0.15, 0.2) is 12.1 Å². The summed E-state index contributed by atoms with van der Waals surface area (Å²) in [7, 11) is 0. The second kappa shape index (κ2) is 6.64. The van der Waals surface area contributed by atoms with Crippen LogP contribution < -0.4 is 0 Å². The number of hydrogen-bond donors (Lipinski definition) is 3. The van der Waals surface area contributed by atoms with Crippen molar-refractivity contribution in [3.05, 3.63) is 33.6 Å². The molecule has 0 saturated carbocycles. The van der Waals surface area contributed by atoms with Gasteiger partial charge in [-0.15, -0.1) is 0 Å². The number of carbonyl (C=O) groups is 1. The minimum Gasteiger partial charge on any atom is -0.502 e. The molecule has 0 saturated heterocycles. The second-order valence-corrected chi connectivity index (χ2v) is 5.13. The van der Waals surface area contributed by atoms with E-state index in [-0.39, 0.29) is 10.9 Å². The van der Waals surface area contributed by atoms with Crippen LogP contribution in [0.4, 0.5) is 10.1 Å². The summed E-state index contributed by atoms with van der Waals surface area (Å²) in [5.41, 5.74) is -1.31. The van der Waals surface area contributed by atoms with Crippen molar-refractivity contribution in [3.63, 3.8) is 0 Å². The number of halogens is 1. The number of thioether (sulfide) groups is 1. The molecule has 20 heavy (non-hydrogen) atoms. The molecule has 0 aliphatic rings. The van der Waals surface area contributed by atoms with Crippen LogP contribution in [0, 0.1) is 15.9 Å². The van der Waals surface area contributed by atoms with E-state index in [0.29, 0.717) is 12.1 Å². The van der Waals surface area contributed by atoms with Crippen molar-refractivity contribution in [1.82, 2.24) is 0 Å². The molecule has 1 aromatic rings. The Hall–Kier alpha value is -1.71. The summed E-state index contributed by atoms with van der Waals surface area (Å²) in [5.74, 6) is -2.16. The number of benzene rings is 1. The Morgan fingerprint density at radius 2 is 2.10 bits per heavy atom. The molecule has 0 fully saturated rings. The van der Waals surface area contributed by atoms with E-state index in [9.17, 15) is 34.6 Å². The van der Waals surface area contributed by atoms with E-state index in [1.165, 1.54) is 6.92 Å². The maximum Gasteiger partial charge on any atom is 0.311 e. The summed E-state index contributed by atoms with van der Waals surface area (Å²) in [6, 6.07) is 1.14. The minimum atomic E-state index is -1.75. The van der Waals surface area contributed by atoms with Gasteiger partial charge in [-0.3, -0.25) is 14.9 Å². The number of nitro benzene ring substituents is 1. The third kappa shape index (κ3) is 3.89. The van der Waals surface area contributed by atoms with Crippen molar-refractivity contribution in [2.75, 3.05) is 5.75 Å². The normalized spacial score (nSPS) is 13.8. The van der Waals surface area contributed by atoms with Crippen LogP contribution in [0.2, 0.25) is 0 Å². The van der Waals surface area contributed by atoms with Gasteiger partial charge in [0.05, 0.1) is 11.0 Å². The lowest BCUT2D eigenvalue weighted by molar-refractivity contribution is -0.386. The predicted molar refractivity (Wildman–Crippen MR) is 68.8 cm³/mol. The quantitative estimate of drug-likeness (QED) is 0.550. The summed E-state index contributed by atoms with van der Waals surface area (Å²) in [5, 5.41) is 38.9. The number of rotatable bonds is 5. The average molecular weight is 305 g/mol. The van der Waals surface area contributed by atoms with Gasteiger partial charge in [-0.1, -0.05) is 11.8 Å². The number of phenols is 1. The van der Waals surface area contributed by atoms with E-state index in [0.717, 1.165) is 11.8 Å². The van der Waals surface area contributed by atoms with Crippen LogP contribution in [-0.4, -0.2) is 37.2 Å². The fourth-order valence-electron chi connectivity index (χ4n) is 1.44. The van der Waals surface area contributed by atoms with Crippen molar-refractivity contribution < 1.29 is 29.4 Å². The summed E-state index contributed by atoms with van der Waals surface area (Å²) in [6.07, 6.45) is -3.23. The Labute approximate surface area is 117 Å². The summed E-state index contributed by atoms with van der Waals surface area (Å²) in [4.78, 5) is 20.4. The van der Waals surface area contributed by atoms with Crippen LogP contribution in [-0.2, 0) is 4.79 Å². The van der Waals surface area contributed by atoms with Crippen molar-refractivity contribution >= 4 is 22.6 Å². The monoisotopic (exact) mass is 305 g/mol. The number of aromatic hydroxyl groups is 1. The number of nitro groups is 1. The fourth-order valence-corrected chi connectivity index (χ4v) is 2.03. The number of phenolic OH excluding ortho intramolecular Hbond substituents is 1. The topological polar surface area (TPSA) is 121 Å². The number of aliphatic hydroxyl groups is 2. The third-order valence-electron chi connectivity index (χ3n) is 2.43. The van der Waals surface area contributed by atoms with Crippen molar-refractivity contribution in [3.8, 4) is 5.75 Å². The molecular formula is C11H12FNO6S. The van der Waals surface area contributed by atoms with Crippen LogP contribution in [0.5, 0.6) is 5.75 Å². The first-order chi connectivity index (χ1) is 9.23. The van der Waals surface area contributed by atoms with Crippen LogP contribution in [0.25, 0.3) is 0 Å². The van der Waals surface area contributed by atoms with Gasteiger partial charge in [0.15, 0.2) is 10.9 Å². The van der Waals surface area contributed by atoms with Crippen molar-refractivity contribution in [1.29, 1.82) is 0 Å². The fraction of sp³-hybridized carbons (Fsp3) is 0.364. The maximum atomic E-state index is 13.6. The van der Waals surface area contributed by atoms with E-state index in [1.807, 2.05) is 0 Å². The minimum absolute atomic E-state index is 0.190. The van der Waals surface area contributed by atoms with Gasteiger partial charge in [0.1, 0.15) is 11.9 Å². The molecule has 7 nitrogen and oxygen atoms in total. The Bertz CT molecular complexity index is 538. The lowest BCUT2D eigenvalue weighted by Crippen LogP contribution is -2.22. The summed E-state index contributed by atoms with van der Waals surface area (Å²) in [6.45, 7) is 1.26. The zero-order valence-corrected chi connectivity index (χ0v) is 11.1. The van der Waals surface area contributed by atoms with E-state index < -0.39 is 39.9 Å². The van der Waals surface area contributed by atoms with Gasteiger partial charge < -0.3 is 15.3 Å². The van der Waals surface area contributed by atoms with Crippen molar-refractivity contribution in [2.24, 2.45) is 0 Å². The SMILES string of the molecule is CC(=O)SCC(O)C(O)c1cc([N+](=O)[O-])c(O)cc1F. The highest BCUT2D eigenvalue weighted by Gasteiger charge is 2.26. The number of aliphatic hydroxyl groups excluding tert-OH is 2. The van der Waals surface area contributed by atoms with Gasteiger partial charge in [-0.05, 0) is 0 Å². The molecular weight excluding hydrogens is 293 g/mol. The van der Waals surface area contributed by atoms with Gasteiger partial charge in [0.25, 0.3) is 0 Å². The molecule has 110 valence electrons. The van der Waals surface area contributed by atoms with E-state index in [2.05, 4.69) is 0 Å². The molecule has 9 heteroatoms. The summed E-state index contributed by atoms with van der Waals surface area (Å²) >= 11 is 0.727. The molecule has 2 unspecified atom stereocenters. The smallest absolute Gasteiger partial charge is 0.311 e. The Morgan fingerprint density at radius 1 is 1.50 bits per heavy atom. The standard InChI is InChI=1S/C11H12FNO6S/c1-5(14)20-4-10(16)11(17)6-2-8(13(18)19)9(15)3-7(6)12/h2-3,10-11,15-17H,4H2,1H3. The van der Waals surface area contributed by atoms with Gasteiger partial charge in [-0.25, -0.2) is 4.39 Å². The maximum absolute atomic E-state index is 13.6. The Kier molecular flexibility index (Phi) is 5.43. The largest absolute Gasteiger partial charge is 0.502 e. The highest BCUT2D eigenvalue weighted by molar-refractivity contribution is 8.13. The molecule has 3 N–H and O–H groups in total. The molecule has 1 aromatic carbocycles. The first-order valence-corrected chi connectivity index (χ1v) is 6.39. The number of carbonyl (C=O) groups excluding carboxylic acids is 1. The molecule has 0 aliphatic heterocycles. The molecule has 0 aliphatic carbocycles. The lowest BCUT2D eigenvalue weighted by Gasteiger charge is -2.17. The second-order valence-electron chi connectivity index (χ2n) is 3.93. The predicted octanol–water partition coefficient (Wildman–Crippen LogP) is 1.11. The third-order valence-corrected chi connectivity index (χ3v) is 3.35. The lowest BCUT2D eigenvalue weighted by atomic mass is 10.0. The Morgan fingerprint density at radius 3 is 2.60 bits per heavy atom. The molecule has 0 bridgehead atoms. The molecule has 0 aromatic heterocycles.